The Morgan fingerprint density at radius 3 is 2.56 bits per heavy atom. The molecular formula is C23H24N2O6S. The number of carbonyl (C=O) groups is 3. The number of imide groups is 1. The van der Waals surface area contributed by atoms with E-state index in [1.807, 2.05) is 19.1 Å². The minimum Gasteiger partial charge on any atom is -0.322 e. The quantitative estimate of drug-likeness (QED) is 0.388. The lowest BCUT2D eigenvalue weighted by Gasteiger charge is -2.29. The maximum absolute atomic E-state index is 12.7. The lowest BCUT2D eigenvalue weighted by Crippen LogP contribution is -2.52. The largest absolute Gasteiger partial charge is 0.322 e. The van der Waals surface area contributed by atoms with Gasteiger partial charge in [0.2, 0.25) is 11.8 Å². The average molecular weight is 457 g/mol. The third-order valence-electron chi connectivity index (χ3n) is 5.75. The van der Waals surface area contributed by atoms with E-state index in [0.29, 0.717) is 31.4 Å². The van der Waals surface area contributed by atoms with Gasteiger partial charge < -0.3 is 4.90 Å². The summed E-state index contributed by atoms with van der Waals surface area (Å²) in [4.78, 5) is 37.9. The van der Waals surface area contributed by atoms with Crippen LogP contribution in [-0.2, 0) is 36.9 Å². The summed E-state index contributed by atoms with van der Waals surface area (Å²) in [6, 6.07) is 11.3. The van der Waals surface area contributed by atoms with Crippen molar-refractivity contribution < 1.29 is 27.0 Å². The van der Waals surface area contributed by atoms with Crippen LogP contribution in [0.15, 0.2) is 47.4 Å². The molecule has 0 radical (unpaired) electrons. The fourth-order valence-corrected chi connectivity index (χ4v) is 4.94. The second-order valence-electron chi connectivity index (χ2n) is 8.08. The number of hydrogen-bond donors (Lipinski definition) is 1. The highest BCUT2D eigenvalue weighted by Gasteiger charge is 2.39. The first-order valence-corrected chi connectivity index (χ1v) is 11.9. The molecule has 0 aromatic heterocycles. The average Bonchev–Trinajstić information content (AvgIpc) is 3.07. The van der Waals surface area contributed by atoms with Crippen LogP contribution in [0.1, 0.15) is 46.3 Å². The van der Waals surface area contributed by atoms with E-state index in [1.54, 1.807) is 18.2 Å². The number of carbonyl (C=O) groups excluding carboxylic acids is 3. The van der Waals surface area contributed by atoms with E-state index >= 15 is 0 Å². The Morgan fingerprint density at radius 1 is 1.09 bits per heavy atom. The lowest BCUT2D eigenvalue weighted by atomic mass is 10.0. The molecule has 168 valence electrons. The van der Waals surface area contributed by atoms with Crippen LogP contribution in [0.4, 0.5) is 0 Å². The fraction of sp³-hybridized carbons (Fsp3) is 0.348. The van der Waals surface area contributed by atoms with E-state index in [1.165, 1.54) is 17.0 Å². The molecule has 0 spiro atoms. The topological polar surface area (TPSA) is 110 Å². The molecule has 32 heavy (non-hydrogen) atoms. The summed E-state index contributed by atoms with van der Waals surface area (Å²) in [5.41, 5.74) is 3.30. The van der Waals surface area contributed by atoms with Gasteiger partial charge in [0, 0.05) is 18.5 Å². The second kappa shape index (κ2) is 8.84. The number of nitrogens with zero attached hydrogens (tertiary/aromatic N) is 1. The van der Waals surface area contributed by atoms with Gasteiger partial charge in [0.15, 0.2) is 0 Å². The molecule has 1 unspecified atom stereocenters. The predicted molar refractivity (Wildman–Crippen MR) is 115 cm³/mol. The molecule has 8 nitrogen and oxygen atoms in total. The van der Waals surface area contributed by atoms with Gasteiger partial charge in [-0.2, -0.15) is 8.42 Å². The van der Waals surface area contributed by atoms with Crippen molar-refractivity contribution in [3.05, 3.63) is 64.7 Å². The standard InChI is InChI=1S/C23H24N2O6S/c1-15-4-7-18(8-5-15)32(29,30)31-12-2-3-16-6-9-19-17(13-16)14-25(23(19)28)20-10-11-21(26)24-22(20)27/h4-9,13,20H,2-3,10-12,14H2,1H3,(H,24,26,27). The van der Waals surface area contributed by atoms with Crippen LogP contribution in [0.3, 0.4) is 0 Å². The molecule has 2 aromatic rings. The van der Waals surface area contributed by atoms with Crippen LogP contribution < -0.4 is 5.32 Å². The summed E-state index contributed by atoms with van der Waals surface area (Å²) in [6.07, 6.45) is 1.62. The Kier molecular flexibility index (Phi) is 6.12. The van der Waals surface area contributed by atoms with E-state index in [0.717, 1.165) is 16.7 Å². The Balaban J connectivity index is 1.34. The van der Waals surface area contributed by atoms with Crippen molar-refractivity contribution in [3.8, 4) is 0 Å². The first kappa shape index (κ1) is 22.2. The van der Waals surface area contributed by atoms with Crippen molar-refractivity contribution in [2.24, 2.45) is 0 Å². The highest BCUT2D eigenvalue weighted by atomic mass is 32.2. The summed E-state index contributed by atoms with van der Waals surface area (Å²) >= 11 is 0. The maximum Gasteiger partial charge on any atom is 0.296 e. The zero-order valence-corrected chi connectivity index (χ0v) is 18.5. The van der Waals surface area contributed by atoms with Crippen LogP contribution in [-0.4, -0.2) is 43.7 Å². The minimum atomic E-state index is -3.79. The van der Waals surface area contributed by atoms with Crippen LogP contribution in [0.5, 0.6) is 0 Å². The summed E-state index contributed by atoms with van der Waals surface area (Å²) in [5.74, 6) is -0.965. The number of piperidine rings is 1. The van der Waals surface area contributed by atoms with Crippen molar-refractivity contribution in [2.75, 3.05) is 6.61 Å². The molecule has 1 atom stereocenters. The van der Waals surface area contributed by atoms with Gasteiger partial charge in [-0.25, -0.2) is 0 Å². The molecule has 9 heteroatoms. The molecule has 1 N–H and O–H groups in total. The molecule has 1 fully saturated rings. The van der Waals surface area contributed by atoms with E-state index in [9.17, 15) is 22.8 Å². The molecule has 4 rings (SSSR count). The molecule has 0 saturated carbocycles. The Hall–Kier alpha value is -3.04. The number of benzene rings is 2. The van der Waals surface area contributed by atoms with Crippen molar-refractivity contribution in [2.45, 2.75) is 50.1 Å². The third kappa shape index (κ3) is 4.58. The van der Waals surface area contributed by atoms with Gasteiger partial charge in [-0.15, -0.1) is 0 Å². The van der Waals surface area contributed by atoms with Crippen molar-refractivity contribution >= 4 is 27.8 Å². The van der Waals surface area contributed by atoms with Crippen LogP contribution in [0.2, 0.25) is 0 Å². The Bertz CT molecular complexity index is 1170. The molecule has 1 saturated heterocycles. The number of amides is 3. The Morgan fingerprint density at radius 2 is 1.84 bits per heavy atom. The number of nitrogens with one attached hydrogen (secondary N) is 1. The Labute approximate surface area is 186 Å². The van der Waals surface area contributed by atoms with Gasteiger partial charge in [0.1, 0.15) is 6.04 Å². The minimum absolute atomic E-state index is 0.0502. The van der Waals surface area contributed by atoms with Gasteiger partial charge in [-0.05, 0) is 55.5 Å². The molecule has 0 aliphatic carbocycles. The molecular weight excluding hydrogens is 432 g/mol. The van der Waals surface area contributed by atoms with E-state index in [2.05, 4.69) is 5.32 Å². The first-order valence-electron chi connectivity index (χ1n) is 10.5. The molecule has 2 aromatic carbocycles. The van der Waals surface area contributed by atoms with Crippen LogP contribution >= 0.6 is 0 Å². The summed E-state index contributed by atoms with van der Waals surface area (Å²) < 4.78 is 29.7. The second-order valence-corrected chi connectivity index (χ2v) is 9.70. The summed E-state index contributed by atoms with van der Waals surface area (Å²) in [5, 5.41) is 2.29. The highest BCUT2D eigenvalue weighted by Crippen LogP contribution is 2.28. The molecule has 2 heterocycles. The van der Waals surface area contributed by atoms with Crippen molar-refractivity contribution in [1.29, 1.82) is 0 Å². The van der Waals surface area contributed by atoms with Crippen molar-refractivity contribution in [1.82, 2.24) is 10.2 Å². The van der Waals surface area contributed by atoms with Gasteiger partial charge >= 0.3 is 0 Å². The van der Waals surface area contributed by atoms with Gasteiger partial charge in [0.25, 0.3) is 16.0 Å². The fourth-order valence-electron chi connectivity index (χ4n) is 4.00. The summed E-state index contributed by atoms with van der Waals surface area (Å²) in [6.45, 7) is 2.24. The van der Waals surface area contributed by atoms with E-state index in [4.69, 9.17) is 4.18 Å². The maximum atomic E-state index is 12.7. The lowest BCUT2D eigenvalue weighted by molar-refractivity contribution is -0.136. The smallest absolute Gasteiger partial charge is 0.296 e. The summed E-state index contributed by atoms with van der Waals surface area (Å²) in [7, 11) is -3.79. The molecule has 0 bridgehead atoms. The predicted octanol–water partition coefficient (Wildman–Crippen LogP) is 2.09. The monoisotopic (exact) mass is 456 g/mol. The van der Waals surface area contributed by atoms with Crippen LogP contribution in [0, 0.1) is 6.92 Å². The molecule has 2 aliphatic heterocycles. The van der Waals surface area contributed by atoms with E-state index in [-0.39, 0.29) is 29.7 Å². The zero-order valence-electron chi connectivity index (χ0n) is 17.7. The van der Waals surface area contributed by atoms with Crippen LogP contribution in [0.25, 0.3) is 0 Å². The number of rotatable bonds is 7. The SMILES string of the molecule is Cc1ccc(S(=O)(=O)OCCCc2ccc3c(c2)CN(C2CCC(=O)NC2=O)C3=O)cc1. The van der Waals surface area contributed by atoms with Gasteiger partial charge in [-0.1, -0.05) is 29.8 Å². The number of hydrogen-bond acceptors (Lipinski definition) is 6. The highest BCUT2D eigenvalue weighted by molar-refractivity contribution is 7.86. The molecule has 3 amide bonds. The van der Waals surface area contributed by atoms with E-state index < -0.39 is 22.1 Å². The molecule has 2 aliphatic rings. The van der Waals surface area contributed by atoms with Gasteiger partial charge in [0.05, 0.1) is 11.5 Å². The number of aryl methyl sites for hydroxylation is 2. The first-order chi connectivity index (χ1) is 15.2. The number of fused-ring (bicyclic) bond motifs is 1. The normalized spacial score (nSPS) is 18.6. The van der Waals surface area contributed by atoms with Gasteiger partial charge in [-0.3, -0.25) is 23.9 Å². The van der Waals surface area contributed by atoms with Crippen molar-refractivity contribution in [3.63, 3.8) is 0 Å². The third-order valence-corrected chi connectivity index (χ3v) is 7.07. The zero-order chi connectivity index (χ0) is 22.9.